The monoisotopic (exact) mass is 368 g/mol. The summed E-state index contributed by atoms with van der Waals surface area (Å²) in [5.74, 6) is -2.42. The second-order valence-corrected chi connectivity index (χ2v) is 6.51. The molecule has 27 heavy (non-hydrogen) atoms. The van der Waals surface area contributed by atoms with Gasteiger partial charge in [0.05, 0.1) is 11.9 Å². The van der Waals surface area contributed by atoms with E-state index in [1.165, 1.54) is 48.8 Å². The van der Waals surface area contributed by atoms with Crippen LogP contribution in [0.2, 0.25) is 0 Å². The molecule has 0 aliphatic rings. The van der Waals surface area contributed by atoms with E-state index in [4.69, 9.17) is 0 Å². The van der Waals surface area contributed by atoms with E-state index in [0.717, 1.165) is 5.39 Å². The van der Waals surface area contributed by atoms with Crippen molar-refractivity contribution in [2.75, 3.05) is 28.2 Å². The average molecular weight is 368 g/mol. The first-order valence-corrected chi connectivity index (χ1v) is 8.18. The summed E-state index contributed by atoms with van der Waals surface area (Å²) < 4.78 is 1.27. The van der Waals surface area contributed by atoms with Gasteiger partial charge in [-0.3, -0.25) is 19.1 Å². The minimum Gasteiger partial charge on any atom is -0.503 e. The second kappa shape index (κ2) is 6.64. The first kappa shape index (κ1) is 18.2. The molecule has 0 bridgehead atoms. The van der Waals surface area contributed by atoms with Gasteiger partial charge in [-0.2, -0.15) is 0 Å². The van der Waals surface area contributed by atoms with E-state index in [1.807, 2.05) is 24.3 Å². The number of fused-ring (bicyclic) bond motifs is 1. The number of benzene rings is 1. The zero-order valence-electron chi connectivity index (χ0n) is 15.5. The summed E-state index contributed by atoms with van der Waals surface area (Å²) >= 11 is 0. The van der Waals surface area contributed by atoms with Gasteiger partial charge in [0.2, 0.25) is 0 Å². The van der Waals surface area contributed by atoms with Crippen LogP contribution in [-0.4, -0.2) is 69.6 Å². The number of hydrogen-bond acceptors (Lipinski definition) is 5. The van der Waals surface area contributed by atoms with Crippen LogP contribution in [-0.2, 0) is 0 Å². The molecular weight excluding hydrogens is 348 g/mol. The summed E-state index contributed by atoms with van der Waals surface area (Å²) in [5, 5.41) is 22.4. The number of carbonyl (C=O) groups is 2. The summed E-state index contributed by atoms with van der Waals surface area (Å²) in [4.78, 5) is 32.2. The molecule has 2 heterocycles. The predicted molar refractivity (Wildman–Crippen MR) is 100 cm³/mol. The molecule has 8 nitrogen and oxygen atoms in total. The van der Waals surface area contributed by atoms with Gasteiger partial charge in [0, 0.05) is 45.2 Å². The number of pyridine rings is 1. The first-order chi connectivity index (χ1) is 12.8. The lowest BCUT2D eigenvalue weighted by Gasteiger charge is -2.18. The number of nitrogens with zero attached hydrogens (tertiary/aromatic N) is 4. The molecule has 2 aromatic heterocycles. The lowest BCUT2D eigenvalue weighted by atomic mass is 10.1. The van der Waals surface area contributed by atoms with E-state index in [9.17, 15) is 19.8 Å². The van der Waals surface area contributed by atoms with E-state index in [1.54, 1.807) is 6.20 Å². The molecule has 8 heteroatoms. The quantitative estimate of drug-likeness (QED) is 0.735. The lowest BCUT2D eigenvalue weighted by molar-refractivity contribution is 0.0811. The van der Waals surface area contributed by atoms with Gasteiger partial charge in [0.1, 0.15) is 0 Å². The lowest BCUT2D eigenvalue weighted by Crippen LogP contribution is -2.28. The van der Waals surface area contributed by atoms with Gasteiger partial charge in [-0.15, -0.1) is 0 Å². The fraction of sp³-hybridized carbons (Fsp3) is 0.211. The van der Waals surface area contributed by atoms with E-state index in [2.05, 4.69) is 4.98 Å². The van der Waals surface area contributed by atoms with Crippen molar-refractivity contribution in [1.82, 2.24) is 19.4 Å². The van der Waals surface area contributed by atoms with Gasteiger partial charge in [0.15, 0.2) is 22.9 Å². The molecule has 0 saturated heterocycles. The normalized spacial score (nSPS) is 10.8. The molecule has 1 aromatic carbocycles. The number of carbonyl (C=O) groups excluding carboxylic acids is 2. The molecule has 2 N–H and O–H groups in total. The highest BCUT2D eigenvalue weighted by Gasteiger charge is 2.33. The van der Waals surface area contributed by atoms with Crippen molar-refractivity contribution < 1.29 is 19.8 Å². The fourth-order valence-electron chi connectivity index (χ4n) is 2.89. The van der Waals surface area contributed by atoms with Gasteiger partial charge >= 0.3 is 0 Å². The molecule has 0 fully saturated rings. The van der Waals surface area contributed by atoms with Crippen LogP contribution in [0.5, 0.6) is 11.5 Å². The SMILES string of the molecule is CN(C)C(=O)c1c(O)c(O)c(C(=O)N(C)C)n1-c1cncc2ccccc12. The van der Waals surface area contributed by atoms with Crippen LogP contribution in [0.15, 0.2) is 36.7 Å². The van der Waals surface area contributed by atoms with E-state index in [-0.39, 0.29) is 11.4 Å². The maximum atomic E-state index is 12.7. The Kier molecular flexibility index (Phi) is 4.49. The summed E-state index contributed by atoms with van der Waals surface area (Å²) in [7, 11) is 6.08. The van der Waals surface area contributed by atoms with Crippen LogP contribution in [0, 0.1) is 0 Å². The van der Waals surface area contributed by atoms with Crippen molar-refractivity contribution in [3.63, 3.8) is 0 Å². The Bertz CT molecular complexity index is 1000. The van der Waals surface area contributed by atoms with Crippen molar-refractivity contribution in [1.29, 1.82) is 0 Å². The Morgan fingerprint density at radius 1 is 0.889 bits per heavy atom. The zero-order valence-corrected chi connectivity index (χ0v) is 15.5. The van der Waals surface area contributed by atoms with Crippen molar-refractivity contribution in [2.24, 2.45) is 0 Å². The summed E-state index contributed by atoms with van der Waals surface area (Å²) in [5.41, 5.74) is -0.0131. The first-order valence-electron chi connectivity index (χ1n) is 8.18. The Morgan fingerprint density at radius 2 is 1.41 bits per heavy atom. The third-order valence-electron chi connectivity index (χ3n) is 4.23. The Morgan fingerprint density at radius 3 is 1.93 bits per heavy atom. The highest BCUT2D eigenvalue weighted by molar-refractivity contribution is 6.05. The molecule has 140 valence electrons. The highest BCUT2D eigenvalue weighted by Crippen LogP contribution is 2.40. The maximum Gasteiger partial charge on any atom is 0.274 e. The number of aromatic nitrogens is 2. The van der Waals surface area contributed by atoms with Crippen LogP contribution in [0.25, 0.3) is 16.5 Å². The van der Waals surface area contributed by atoms with Crippen LogP contribution in [0.4, 0.5) is 0 Å². The number of amides is 2. The van der Waals surface area contributed by atoms with E-state index < -0.39 is 23.3 Å². The molecule has 0 radical (unpaired) electrons. The molecule has 0 aliphatic carbocycles. The third kappa shape index (κ3) is 2.84. The number of aromatic hydroxyl groups is 2. The van der Waals surface area contributed by atoms with Crippen LogP contribution in [0.1, 0.15) is 21.0 Å². The average Bonchev–Trinajstić information content (AvgIpc) is 2.90. The number of hydrogen-bond donors (Lipinski definition) is 2. The molecule has 2 amide bonds. The largest absolute Gasteiger partial charge is 0.503 e. The molecule has 3 rings (SSSR count). The Labute approximate surface area is 155 Å². The number of rotatable bonds is 3. The molecule has 0 unspecified atom stereocenters. The van der Waals surface area contributed by atoms with Gasteiger partial charge in [-0.05, 0) is 0 Å². The van der Waals surface area contributed by atoms with Crippen LogP contribution < -0.4 is 0 Å². The highest BCUT2D eigenvalue weighted by atomic mass is 16.3. The zero-order chi connectivity index (χ0) is 19.9. The van der Waals surface area contributed by atoms with Crippen molar-refractivity contribution in [2.45, 2.75) is 0 Å². The smallest absolute Gasteiger partial charge is 0.274 e. The van der Waals surface area contributed by atoms with Crippen molar-refractivity contribution in [3.05, 3.63) is 48.0 Å². The minimum absolute atomic E-state index is 0.208. The molecular formula is C19H20N4O4. The maximum absolute atomic E-state index is 12.7. The molecule has 0 saturated carbocycles. The summed E-state index contributed by atoms with van der Waals surface area (Å²) in [6.07, 6.45) is 3.14. The minimum atomic E-state index is -0.646. The van der Waals surface area contributed by atoms with Crippen LogP contribution >= 0.6 is 0 Å². The second-order valence-electron chi connectivity index (χ2n) is 6.51. The molecule has 0 atom stereocenters. The molecule has 0 aliphatic heterocycles. The van der Waals surface area contributed by atoms with Gasteiger partial charge in [-0.1, -0.05) is 24.3 Å². The molecule has 3 aromatic rings. The van der Waals surface area contributed by atoms with E-state index >= 15 is 0 Å². The van der Waals surface area contributed by atoms with Crippen molar-refractivity contribution >= 4 is 22.6 Å². The topological polar surface area (TPSA) is 98.9 Å². The van der Waals surface area contributed by atoms with E-state index in [0.29, 0.717) is 11.1 Å². The summed E-state index contributed by atoms with van der Waals surface area (Å²) in [6, 6.07) is 7.32. The Balaban J connectivity index is 2.47. The predicted octanol–water partition coefficient (Wildman–Crippen LogP) is 1.84. The van der Waals surface area contributed by atoms with Gasteiger partial charge in [0.25, 0.3) is 11.8 Å². The summed E-state index contributed by atoms with van der Waals surface area (Å²) in [6.45, 7) is 0. The third-order valence-corrected chi connectivity index (χ3v) is 4.23. The Hall–Kier alpha value is -3.55. The van der Waals surface area contributed by atoms with Crippen LogP contribution in [0.3, 0.4) is 0 Å². The van der Waals surface area contributed by atoms with Gasteiger partial charge < -0.3 is 20.0 Å². The fourth-order valence-corrected chi connectivity index (χ4v) is 2.89. The van der Waals surface area contributed by atoms with Gasteiger partial charge in [-0.25, -0.2) is 0 Å². The standard InChI is InChI=1S/C19H20N4O4/c1-21(2)18(26)14-16(24)17(25)15(19(27)22(3)4)23(14)13-10-20-9-11-7-5-6-8-12(11)13/h5-10,24-25H,1-4H3. The van der Waals surface area contributed by atoms with Crippen molar-refractivity contribution in [3.8, 4) is 17.2 Å². The molecule has 0 spiro atoms.